The summed E-state index contributed by atoms with van der Waals surface area (Å²) in [6.07, 6.45) is 0. The molecule has 0 saturated carbocycles. The van der Waals surface area contributed by atoms with Crippen molar-refractivity contribution in [1.29, 1.82) is 0 Å². The lowest BCUT2D eigenvalue weighted by atomic mass is 9.89. The smallest absolute Gasteiger partial charge is 0.355 e. The molecule has 2 heterocycles. The molecule has 0 saturated heterocycles. The van der Waals surface area contributed by atoms with Crippen molar-refractivity contribution < 1.29 is 18.7 Å². The van der Waals surface area contributed by atoms with Crippen LogP contribution in [0.25, 0.3) is 0 Å². The highest BCUT2D eigenvalue weighted by Gasteiger charge is 2.38. The van der Waals surface area contributed by atoms with Crippen LogP contribution >= 0.6 is 0 Å². The minimum atomic E-state index is -0.765. The molecule has 9 heteroatoms. The second-order valence-electron chi connectivity index (χ2n) is 6.00. The number of carbonyl (C=O) groups excluding carboxylic acids is 2. The number of hydrogen-bond acceptors (Lipinski definition) is 7. The fraction of sp³-hybridized carbons (Fsp3) is 0.105. The predicted octanol–water partition coefficient (Wildman–Crippen LogP) is 2.14. The van der Waals surface area contributed by atoms with Gasteiger partial charge in [0.15, 0.2) is 5.78 Å². The molecule has 1 aliphatic heterocycles. The maximum Gasteiger partial charge on any atom is 0.355 e. The third-order valence-electron chi connectivity index (χ3n) is 4.37. The van der Waals surface area contributed by atoms with Crippen molar-refractivity contribution in [3.05, 3.63) is 82.8 Å². The number of esters is 1. The van der Waals surface area contributed by atoms with Gasteiger partial charge in [0.25, 0.3) is 0 Å². The first-order valence-electron chi connectivity index (χ1n) is 8.32. The molecule has 0 aliphatic carbocycles. The van der Waals surface area contributed by atoms with Crippen molar-refractivity contribution >= 4 is 17.7 Å². The molecule has 140 valence electrons. The van der Waals surface area contributed by atoms with Crippen LogP contribution in [0.15, 0.2) is 65.9 Å². The van der Waals surface area contributed by atoms with Crippen molar-refractivity contribution in [2.24, 2.45) is 0 Å². The Kier molecular flexibility index (Phi) is 4.40. The van der Waals surface area contributed by atoms with Gasteiger partial charge in [-0.2, -0.15) is 4.68 Å². The number of fused-ring (bicyclic) bond motifs is 1. The maximum atomic E-state index is 13.3. The van der Waals surface area contributed by atoms with Gasteiger partial charge in [-0.25, -0.2) is 9.18 Å². The van der Waals surface area contributed by atoms with Gasteiger partial charge in [-0.3, -0.25) is 4.79 Å². The molecule has 4 rings (SSSR count). The average molecular weight is 379 g/mol. The minimum absolute atomic E-state index is 0.0621. The summed E-state index contributed by atoms with van der Waals surface area (Å²) in [5.74, 6) is -1.48. The van der Waals surface area contributed by atoms with E-state index in [1.807, 2.05) is 6.07 Å². The zero-order valence-corrected chi connectivity index (χ0v) is 14.7. The molecular formula is C19H14FN5O3. The lowest BCUT2D eigenvalue weighted by molar-refractivity contribution is -0.136. The summed E-state index contributed by atoms with van der Waals surface area (Å²) >= 11 is 0. The Balaban J connectivity index is 1.94. The van der Waals surface area contributed by atoms with Gasteiger partial charge < -0.3 is 10.1 Å². The highest BCUT2D eigenvalue weighted by atomic mass is 19.1. The minimum Gasteiger partial charge on any atom is -0.464 e. The number of hydrogen-bond donors (Lipinski definition) is 1. The second-order valence-corrected chi connectivity index (χ2v) is 6.00. The van der Waals surface area contributed by atoms with E-state index < -0.39 is 23.6 Å². The normalized spacial score (nSPS) is 15.6. The fourth-order valence-corrected chi connectivity index (χ4v) is 3.09. The first-order valence-corrected chi connectivity index (χ1v) is 8.32. The molecule has 1 aliphatic rings. The number of methoxy groups -OCH3 is 1. The number of nitrogens with one attached hydrogen (secondary N) is 1. The van der Waals surface area contributed by atoms with E-state index in [4.69, 9.17) is 4.74 Å². The number of tetrazole rings is 1. The molecule has 28 heavy (non-hydrogen) atoms. The third-order valence-corrected chi connectivity index (χ3v) is 4.37. The van der Waals surface area contributed by atoms with E-state index in [0.29, 0.717) is 5.56 Å². The van der Waals surface area contributed by atoms with Crippen LogP contribution in [-0.4, -0.2) is 39.1 Å². The molecule has 0 fully saturated rings. The van der Waals surface area contributed by atoms with Crippen LogP contribution in [0, 0.1) is 5.82 Å². The molecule has 0 unspecified atom stereocenters. The second kappa shape index (κ2) is 7.03. The zero-order valence-electron chi connectivity index (χ0n) is 14.7. The van der Waals surface area contributed by atoms with Crippen LogP contribution in [-0.2, 0) is 9.53 Å². The van der Waals surface area contributed by atoms with E-state index in [0.717, 1.165) is 0 Å². The van der Waals surface area contributed by atoms with Crippen LogP contribution in [0.3, 0.4) is 0 Å². The topological polar surface area (TPSA) is 99.0 Å². The zero-order chi connectivity index (χ0) is 19.7. The summed E-state index contributed by atoms with van der Waals surface area (Å²) in [6, 6.07) is 13.4. The Morgan fingerprint density at radius 1 is 1.11 bits per heavy atom. The number of benzene rings is 2. The van der Waals surface area contributed by atoms with E-state index in [2.05, 4.69) is 20.8 Å². The summed E-state index contributed by atoms with van der Waals surface area (Å²) in [6.45, 7) is 0. The largest absolute Gasteiger partial charge is 0.464 e. The van der Waals surface area contributed by atoms with Gasteiger partial charge in [-0.15, -0.1) is 0 Å². The van der Waals surface area contributed by atoms with E-state index >= 15 is 0 Å². The summed E-state index contributed by atoms with van der Waals surface area (Å²) in [7, 11) is 1.21. The number of anilines is 1. The van der Waals surface area contributed by atoms with Gasteiger partial charge in [0.1, 0.15) is 17.6 Å². The number of rotatable bonds is 4. The summed E-state index contributed by atoms with van der Waals surface area (Å²) in [4.78, 5) is 25.8. The fourth-order valence-electron chi connectivity index (χ4n) is 3.09. The van der Waals surface area contributed by atoms with E-state index in [1.165, 1.54) is 36.1 Å². The first kappa shape index (κ1) is 17.5. The van der Waals surface area contributed by atoms with Crippen molar-refractivity contribution in [2.75, 3.05) is 12.4 Å². The van der Waals surface area contributed by atoms with Gasteiger partial charge in [0.2, 0.25) is 5.95 Å². The first-order chi connectivity index (χ1) is 13.6. The lowest BCUT2D eigenvalue weighted by Crippen LogP contribution is -2.32. The maximum absolute atomic E-state index is 13.3. The number of nitrogens with zero attached hydrogens (tertiary/aromatic N) is 4. The van der Waals surface area contributed by atoms with E-state index in [9.17, 15) is 14.0 Å². The highest BCUT2D eigenvalue weighted by molar-refractivity contribution is 6.14. The summed E-state index contributed by atoms with van der Waals surface area (Å²) in [5, 5.41) is 14.2. The molecule has 0 radical (unpaired) electrons. The summed E-state index contributed by atoms with van der Waals surface area (Å²) in [5.41, 5.74) is 0.957. The van der Waals surface area contributed by atoms with Crippen LogP contribution in [0.5, 0.6) is 0 Å². The number of aromatic nitrogens is 4. The van der Waals surface area contributed by atoms with E-state index in [1.54, 1.807) is 24.3 Å². The standard InChI is InChI=1S/C19H14FN5O3/c1-28-18(27)15-14(17(26)12-7-9-13(20)10-8-12)16(11-5-3-2-4-6-11)25-19(21-15)22-23-24-25/h2-10,16H,1H3,(H,21,22,24)/t16-/m0/s1. The Bertz CT molecular complexity index is 1080. The van der Waals surface area contributed by atoms with Crippen molar-refractivity contribution in [3.8, 4) is 0 Å². The molecule has 8 nitrogen and oxygen atoms in total. The van der Waals surface area contributed by atoms with Crippen molar-refractivity contribution in [2.45, 2.75) is 6.04 Å². The lowest BCUT2D eigenvalue weighted by Gasteiger charge is -2.28. The van der Waals surface area contributed by atoms with Gasteiger partial charge in [-0.1, -0.05) is 35.4 Å². The molecule has 1 N–H and O–H groups in total. The third kappa shape index (κ3) is 2.92. The van der Waals surface area contributed by atoms with Gasteiger partial charge in [0.05, 0.1) is 12.7 Å². The Morgan fingerprint density at radius 3 is 2.50 bits per heavy atom. The number of ether oxygens (including phenoxy) is 1. The number of allylic oxidation sites excluding steroid dienone is 1. The van der Waals surface area contributed by atoms with Crippen molar-refractivity contribution in [1.82, 2.24) is 20.2 Å². The molecule has 1 atom stereocenters. The molecule has 3 aromatic rings. The number of carbonyl (C=O) groups is 2. The van der Waals surface area contributed by atoms with Crippen LogP contribution in [0.1, 0.15) is 22.0 Å². The molecule has 0 bridgehead atoms. The summed E-state index contributed by atoms with van der Waals surface area (Å²) < 4.78 is 19.6. The van der Waals surface area contributed by atoms with Crippen molar-refractivity contribution in [3.63, 3.8) is 0 Å². The van der Waals surface area contributed by atoms with Crippen LogP contribution < -0.4 is 5.32 Å². The predicted molar refractivity (Wildman–Crippen MR) is 95.8 cm³/mol. The van der Waals surface area contributed by atoms with Crippen LogP contribution in [0.4, 0.5) is 10.3 Å². The number of halogens is 1. The molecule has 0 spiro atoms. The molecular weight excluding hydrogens is 365 g/mol. The molecule has 2 aromatic carbocycles. The Hall–Kier alpha value is -3.88. The number of ketones is 1. The monoisotopic (exact) mass is 379 g/mol. The highest BCUT2D eigenvalue weighted by Crippen LogP contribution is 2.36. The Labute approximate surface area is 158 Å². The van der Waals surface area contributed by atoms with Gasteiger partial charge >= 0.3 is 5.97 Å². The molecule has 1 aromatic heterocycles. The van der Waals surface area contributed by atoms with Crippen LogP contribution in [0.2, 0.25) is 0 Å². The molecule has 0 amide bonds. The van der Waals surface area contributed by atoms with Gasteiger partial charge in [0, 0.05) is 5.56 Å². The quantitative estimate of drug-likeness (QED) is 0.548. The Morgan fingerprint density at radius 2 is 1.82 bits per heavy atom. The van der Waals surface area contributed by atoms with Gasteiger partial charge in [-0.05, 0) is 40.3 Å². The average Bonchev–Trinajstić information content (AvgIpc) is 3.21. The van der Waals surface area contributed by atoms with E-state index in [-0.39, 0.29) is 22.8 Å². The number of Topliss-reactive ketones (excluding diaryl/α,β-unsaturated/α-hetero) is 1. The SMILES string of the molecule is COC(=O)C1=C(C(=O)c2ccc(F)cc2)[C@H](c2ccccc2)n2nnnc2N1.